The summed E-state index contributed by atoms with van der Waals surface area (Å²) in [5.74, 6) is 0. The third-order valence-corrected chi connectivity index (χ3v) is 5.10. The molecular weight excluding hydrogens is 238 g/mol. The van der Waals surface area contributed by atoms with Gasteiger partial charge in [0.2, 0.25) is 0 Å². The summed E-state index contributed by atoms with van der Waals surface area (Å²) in [6, 6.07) is 4.40. The van der Waals surface area contributed by atoms with Crippen molar-refractivity contribution in [2.75, 3.05) is 20.3 Å². The van der Waals surface area contributed by atoms with E-state index < -0.39 is 0 Å². The molecule has 0 aromatic carbocycles. The minimum absolute atomic E-state index is 0.245. The van der Waals surface area contributed by atoms with Gasteiger partial charge in [0.1, 0.15) is 5.54 Å². The Labute approximate surface area is 116 Å². The van der Waals surface area contributed by atoms with Gasteiger partial charge in [0.05, 0.1) is 6.07 Å². The second-order valence-electron chi connectivity index (χ2n) is 6.52. The van der Waals surface area contributed by atoms with E-state index in [1.165, 1.54) is 12.8 Å². The third kappa shape index (κ3) is 2.94. The minimum Gasteiger partial charge on any atom is -0.381 e. The van der Waals surface area contributed by atoms with Crippen molar-refractivity contribution in [1.82, 2.24) is 10.2 Å². The summed E-state index contributed by atoms with van der Waals surface area (Å²) in [4.78, 5) is 2.52. The highest BCUT2D eigenvalue weighted by molar-refractivity contribution is 5.15. The smallest absolute Gasteiger partial charge is 0.108 e. The van der Waals surface area contributed by atoms with E-state index in [2.05, 4.69) is 23.3 Å². The number of ether oxygens (including phenoxy) is 1. The van der Waals surface area contributed by atoms with Crippen LogP contribution in [0.4, 0.5) is 0 Å². The summed E-state index contributed by atoms with van der Waals surface area (Å²) >= 11 is 0. The van der Waals surface area contributed by atoms with Crippen LogP contribution in [0.3, 0.4) is 0 Å². The summed E-state index contributed by atoms with van der Waals surface area (Å²) in [6.45, 7) is 1.79. The first-order chi connectivity index (χ1) is 9.22. The van der Waals surface area contributed by atoms with Gasteiger partial charge in [-0.3, -0.25) is 5.32 Å². The Morgan fingerprint density at radius 2 is 1.89 bits per heavy atom. The molecule has 1 aliphatic heterocycles. The van der Waals surface area contributed by atoms with Gasteiger partial charge in [-0.05, 0) is 52.0 Å². The lowest BCUT2D eigenvalue weighted by atomic mass is 9.98. The van der Waals surface area contributed by atoms with Crippen molar-refractivity contribution in [3.8, 4) is 6.07 Å². The maximum absolute atomic E-state index is 9.55. The average Bonchev–Trinajstić information content (AvgIpc) is 3.16. The normalized spacial score (nSPS) is 36.6. The quantitative estimate of drug-likeness (QED) is 0.838. The highest BCUT2D eigenvalue weighted by Gasteiger charge is 2.44. The molecular formula is C15H25N3O. The first kappa shape index (κ1) is 13.4. The molecule has 0 radical (unpaired) electrons. The zero-order valence-electron chi connectivity index (χ0n) is 11.9. The van der Waals surface area contributed by atoms with Gasteiger partial charge in [-0.2, -0.15) is 5.26 Å². The molecule has 3 aliphatic rings. The summed E-state index contributed by atoms with van der Waals surface area (Å²) in [5, 5.41) is 13.1. The van der Waals surface area contributed by atoms with E-state index >= 15 is 0 Å². The van der Waals surface area contributed by atoms with Crippen molar-refractivity contribution in [3.63, 3.8) is 0 Å². The van der Waals surface area contributed by atoms with Gasteiger partial charge in [0, 0.05) is 31.3 Å². The van der Waals surface area contributed by atoms with Crippen molar-refractivity contribution >= 4 is 0 Å². The third-order valence-electron chi connectivity index (χ3n) is 5.10. The van der Waals surface area contributed by atoms with Gasteiger partial charge in [-0.15, -0.1) is 0 Å². The van der Waals surface area contributed by atoms with E-state index in [-0.39, 0.29) is 5.54 Å². The number of hydrogen-bond donors (Lipinski definition) is 1. The van der Waals surface area contributed by atoms with Crippen molar-refractivity contribution < 1.29 is 4.74 Å². The number of nitrogens with zero attached hydrogens (tertiary/aromatic N) is 2. The lowest BCUT2D eigenvalue weighted by Crippen LogP contribution is -2.47. The molecule has 0 bridgehead atoms. The van der Waals surface area contributed by atoms with Gasteiger partial charge in [-0.1, -0.05) is 0 Å². The predicted octanol–water partition coefficient (Wildman–Crippen LogP) is 1.66. The van der Waals surface area contributed by atoms with Crippen molar-refractivity contribution in [1.29, 1.82) is 5.26 Å². The van der Waals surface area contributed by atoms with Gasteiger partial charge < -0.3 is 9.64 Å². The van der Waals surface area contributed by atoms with Crippen LogP contribution in [0.15, 0.2) is 0 Å². The van der Waals surface area contributed by atoms with E-state index in [0.717, 1.165) is 45.3 Å². The maximum Gasteiger partial charge on any atom is 0.108 e. The van der Waals surface area contributed by atoms with Crippen LogP contribution in [0, 0.1) is 11.3 Å². The monoisotopic (exact) mass is 263 g/mol. The number of hydrogen-bond acceptors (Lipinski definition) is 4. The maximum atomic E-state index is 9.55. The Bertz CT molecular complexity index is 357. The molecule has 106 valence electrons. The SMILES string of the molecule is CN(C1CCOCC1)C1CCC(C#N)(NC2CC2)C1. The van der Waals surface area contributed by atoms with Gasteiger partial charge >= 0.3 is 0 Å². The molecule has 3 fully saturated rings. The summed E-state index contributed by atoms with van der Waals surface area (Å²) in [6.07, 6.45) is 7.95. The first-order valence-corrected chi connectivity index (χ1v) is 7.71. The molecule has 0 spiro atoms. The van der Waals surface area contributed by atoms with E-state index in [1.807, 2.05) is 0 Å². The Hall–Kier alpha value is -0.630. The van der Waals surface area contributed by atoms with Crippen molar-refractivity contribution in [2.24, 2.45) is 0 Å². The molecule has 4 nitrogen and oxygen atoms in total. The summed E-state index contributed by atoms with van der Waals surface area (Å²) < 4.78 is 5.44. The van der Waals surface area contributed by atoms with Gasteiger partial charge in [0.15, 0.2) is 0 Å². The highest BCUT2D eigenvalue weighted by atomic mass is 16.5. The van der Waals surface area contributed by atoms with Crippen LogP contribution in [-0.2, 0) is 4.74 Å². The molecule has 0 amide bonds. The van der Waals surface area contributed by atoms with Crippen LogP contribution >= 0.6 is 0 Å². The second kappa shape index (κ2) is 5.40. The van der Waals surface area contributed by atoms with Gasteiger partial charge in [-0.25, -0.2) is 0 Å². The summed E-state index contributed by atoms with van der Waals surface area (Å²) in [7, 11) is 2.24. The molecule has 1 N–H and O–H groups in total. The fourth-order valence-corrected chi connectivity index (χ4v) is 3.64. The Balaban J connectivity index is 1.58. The van der Waals surface area contributed by atoms with Crippen LogP contribution in [0.5, 0.6) is 0 Å². The van der Waals surface area contributed by atoms with Crippen molar-refractivity contribution in [3.05, 3.63) is 0 Å². The van der Waals surface area contributed by atoms with Crippen LogP contribution in [0.2, 0.25) is 0 Å². The lowest BCUT2D eigenvalue weighted by molar-refractivity contribution is 0.0287. The fourth-order valence-electron chi connectivity index (χ4n) is 3.64. The Morgan fingerprint density at radius 3 is 2.53 bits per heavy atom. The predicted molar refractivity (Wildman–Crippen MR) is 73.7 cm³/mol. The molecule has 2 atom stereocenters. The second-order valence-corrected chi connectivity index (χ2v) is 6.52. The standard InChI is InChI=1S/C15H25N3O/c1-18(13-5-8-19-9-6-13)14-4-7-15(10-14,11-16)17-12-2-3-12/h12-14,17H,2-10H2,1H3. The van der Waals surface area contributed by atoms with E-state index in [0.29, 0.717) is 18.1 Å². The largest absolute Gasteiger partial charge is 0.381 e. The van der Waals surface area contributed by atoms with Gasteiger partial charge in [0.25, 0.3) is 0 Å². The van der Waals surface area contributed by atoms with E-state index in [1.54, 1.807) is 0 Å². The fraction of sp³-hybridized carbons (Fsp3) is 0.933. The Morgan fingerprint density at radius 1 is 1.16 bits per heavy atom. The van der Waals surface area contributed by atoms with Crippen LogP contribution in [0.25, 0.3) is 0 Å². The first-order valence-electron chi connectivity index (χ1n) is 7.71. The number of nitriles is 1. The molecule has 2 saturated carbocycles. The van der Waals surface area contributed by atoms with Crippen LogP contribution in [0.1, 0.15) is 44.9 Å². The number of rotatable bonds is 4. The highest BCUT2D eigenvalue weighted by Crippen LogP contribution is 2.36. The molecule has 2 aliphatic carbocycles. The molecule has 1 saturated heterocycles. The lowest BCUT2D eigenvalue weighted by Gasteiger charge is -2.36. The Kier molecular flexibility index (Phi) is 3.79. The van der Waals surface area contributed by atoms with E-state index in [9.17, 15) is 5.26 Å². The molecule has 2 unspecified atom stereocenters. The van der Waals surface area contributed by atoms with Crippen LogP contribution in [-0.4, -0.2) is 48.8 Å². The summed E-state index contributed by atoms with van der Waals surface area (Å²) in [5.41, 5.74) is -0.245. The molecule has 3 rings (SSSR count). The molecule has 0 aromatic rings. The molecule has 0 aromatic heterocycles. The molecule has 1 heterocycles. The van der Waals surface area contributed by atoms with Crippen molar-refractivity contribution in [2.45, 2.75) is 68.6 Å². The zero-order chi connectivity index (χ0) is 13.3. The average molecular weight is 263 g/mol. The minimum atomic E-state index is -0.245. The molecule has 19 heavy (non-hydrogen) atoms. The zero-order valence-corrected chi connectivity index (χ0v) is 11.9. The van der Waals surface area contributed by atoms with Crippen LogP contribution < -0.4 is 5.32 Å². The van der Waals surface area contributed by atoms with E-state index in [4.69, 9.17) is 4.74 Å². The number of nitrogens with one attached hydrogen (secondary N) is 1. The topological polar surface area (TPSA) is 48.3 Å². The molecule has 4 heteroatoms.